The summed E-state index contributed by atoms with van der Waals surface area (Å²) in [5.41, 5.74) is 0.0643. The van der Waals surface area contributed by atoms with Crippen LogP contribution >= 0.6 is 11.8 Å². The molecule has 3 fully saturated rings. The Balaban J connectivity index is 1.73. The number of hydrogen-bond acceptors (Lipinski definition) is 3. The van der Waals surface area contributed by atoms with E-state index in [0.717, 1.165) is 12.2 Å². The van der Waals surface area contributed by atoms with Crippen molar-refractivity contribution in [1.82, 2.24) is 10.6 Å². The van der Waals surface area contributed by atoms with Crippen molar-refractivity contribution in [3.05, 3.63) is 0 Å². The lowest BCUT2D eigenvalue weighted by Gasteiger charge is -2.22. The summed E-state index contributed by atoms with van der Waals surface area (Å²) in [6.07, 6.45) is 1.94. The average molecular weight is 256 g/mol. The monoisotopic (exact) mass is 256 g/mol. The van der Waals surface area contributed by atoms with E-state index in [1.165, 1.54) is 0 Å². The van der Waals surface area contributed by atoms with Gasteiger partial charge >= 0.3 is 12.0 Å². The number of carbonyl (C=O) groups excluding carboxylic acids is 1. The molecule has 2 aliphatic heterocycles. The first kappa shape index (κ1) is 11.2. The Morgan fingerprint density at radius 3 is 3.06 bits per heavy atom. The lowest BCUT2D eigenvalue weighted by molar-refractivity contribution is -0.137. The second-order valence-electron chi connectivity index (χ2n) is 5.53. The predicted molar refractivity (Wildman–Crippen MR) is 64.0 cm³/mol. The fraction of sp³-hybridized carbons (Fsp3) is 0.818. The topological polar surface area (TPSA) is 78.4 Å². The van der Waals surface area contributed by atoms with Gasteiger partial charge in [-0.1, -0.05) is 6.92 Å². The van der Waals surface area contributed by atoms with E-state index in [4.69, 9.17) is 5.11 Å². The highest BCUT2D eigenvalue weighted by Gasteiger charge is 2.73. The number of amides is 2. The molecule has 6 heteroatoms. The number of carboxylic acid groups (broad SMARTS) is 1. The van der Waals surface area contributed by atoms with Crippen LogP contribution in [-0.2, 0) is 4.79 Å². The molecule has 94 valence electrons. The standard InChI is InChI=1S/C11H16N2O3S/c1-10(3-2-7(14)15)5-11(10)8-6(4-17-11)12-9(16)13-8/h6,8H,2-5H2,1H3,(H,14,15)(H2,12,13,16). The van der Waals surface area contributed by atoms with Crippen molar-refractivity contribution in [1.29, 1.82) is 0 Å². The van der Waals surface area contributed by atoms with Crippen LogP contribution in [0.4, 0.5) is 4.79 Å². The molecule has 2 heterocycles. The molecule has 1 aliphatic carbocycles. The van der Waals surface area contributed by atoms with Gasteiger partial charge in [-0.25, -0.2) is 4.79 Å². The number of rotatable bonds is 3. The molecule has 0 aromatic rings. The fourth-order valence-corrected chi connectivity index (χ4v) is 5.40. The molecular formula is C11H16N2O3S. The van der Waals surface area contributed by atoms with E-state index < -0.39 is 5.97 Å². The van der Waals surface area contributed by atoms with Crippen LogP contribution in [0.2, 0.25) is 0 Å². The third-order valence-corrected chi connectivity index (χ3v) is 6.40. The van der Waals surface area contributed by atoms with E-state index >= 15 is 0 Å². The van der Waals surface area contributed by atoms with Crippen molar-refractivity contribution in [2.45, 2.75) is 43.0 Å². The summed E-state index contributed by atoms with van der Waals surface area (Å²) in [5, 5.41) is 14.7. The van der Waals surface area contributed by atoms with Gasteiger partial charge in [-0.15, -0.1) is 0 Å². The van der Waals surface area contributed by atoms with Crippen molar-refractivity contribution in [3.8, 4) is 0 Å². The quantitative estimate of drug-likeness (QED) is 0.653. The Morgan fingerprint density at radius 1 is 1.59 bits per heavy atom. The van der Waals surface area contributed by atoms with E-state index in [0.29, 0.717) is 6.42 Å². The van der Waals surface area contributed by atoms with E-state index in [1.807, 2.05) is 11.8 Å². The maximum atomic E-state index is 11.3. The summed E-state index contributed by atoms with van der Waals surface area (Å²) in [5.74, 6) is 0.202. The van der Waals surface area contributed by atoms with Gasteiger partial charge in [0.25, 0.3) is 0 Å². The van der Waals surface area contributed by atoms with Crippen LogP contribution < -0.4 is 10.6 Å². The van der Waals surface area contributed by atoms with Crippen LogP contribution in [0.5, 0.6) is 0 Å². The third kappa shape index (κ3) is 1.46. The average Bonchev–Trinajstić information content (AvgIpc) is 2.54. The molecule has 0 bridgehead atoms. The zero-order valence-electron chi connectivity index (χ0n) is 9.66. The second kappa shape index (κ2) is 3.31. The number of hydrogen-bond donors (Lipinski definition) is 3. The van der Waals surface area contributed by atoms with Gasteiger partial charge in [0, 0.05) is 16.9 Å². The maximum Gasteiger partial charge on any atom is 0.315 e. The first-order chi connectivity index (χ1) is 7.97. The smallest absolute Gasteiger partial charge is 0.315 e. The molecule has 2 saturated heterocycles. The van der Waals surface area contributed by atoms with Crippen LogP contribution in [0.1, 0.15) is 26.2 Å². The minimum Gasteiger partial charge on any atom is -0.481 e. The lowest BCUT2D eigenvalue weighted by atomic mass is 9.94. The molecule has 5 nitrogen and oxygen atoms in total. The van der Waals surface area contributed by atoms with Crippen molar-refractivity contribution >= 4 is 23.8 Å². The highest BCUT2D eigenvalue weighted by atomic mass is 32.2. The summed E-state index contributed by atoms with van der Waals surface area (Å²) in [7, 11) is 0. The number of thioether (sulfide) groups is 1. The molecule has 0 aromatic heterocycles. The first-order valence-corrected chi connectivity index (χ1v) is 6.88. The van der Waals surface area contributed by atoms with Crippen molar-refractivity contribution in [3.63, 3.8) is 0 Å². The number of fused-ring (bicyclic) bond motifs is 2. The van der Waals surface area contributed by atoms with Gasteiger partial charge in [0.2, 0.25) is 0 Å². The Bertz CT molecular complexity index is 402. The summed E-state index contributed by atoms with van der Waals surface area (Å²) in [6.45, 7) is 2.15. The third-order valence-electron chi connectivity index (χ3n) is 4.47. The largest absolute Gasteiger partial charge is 0.481 e. The van der Waals surface area contributed by atoms with Crippen molar-refractivity contribution in [2.24, 2.45) is 5.41 Å². The maximum absolute atomic E-state index is 11.3. The zero-order chi connectivity index (χ0) is 12.3. The van der Waals surface area contributed by atoms with E-state index in [2.05, 4.69) is 17.6 Å². The van der Waals surface area contributed by atoms with Gasteiger partial charge in [-0.3, -0.25) is 4.79 Å². The Kier molecular flexibility index (Phi) is 2.18. The van der Waals surface area contributed by atoms with Gasteiger partial charge in [0.1, 0.15) is 0 Å². The molecule has 1 spiro atoms. The molecular weight excluding hydrogens is 240 g/mol. The Morgan fingerprint density at radius 2 is 2.35 bits per heavy atom. The number of aliphatic carboxylic acids is 1. The summed E-state index contributed by atoms with van der Waals surface area (Å²) >= 11 is 1.89. The minimum atomic E-state index is -0.735. The normalized spacial score (nSPS) is 46.5. The van der Waals surface area contributed by atoms with Gasteiger partial charge in [0.05, 0.1) is 12.1 Å². The Hall–Kier alpha value is -0.910. The van der Waals surface area contributed by atoms with Crippen LogP contribution in [0, 0.1) is 5.41 Å². The zero-order valence-corrected chi connectivity index (χ0v) is 10.5. The molecule has 0 aromatic carbocycles. The molecule has 17 heavy (non-hydrogen) atoms. The summed E-state index contributed by atoms with van der Waals surface area (Å²) in [6, 6.07) is 0.324. The van der Waals surface area contributed by atoms with Crippen molar-refractivity contribution in [2.75, 3.05) is 5.75 Å². The number of carbonyl (C=O) groups is 2. The molecule has 2 amide bonds. The van der Waals surface area contributed by atoms with Gasteiger partial charge in [-0.05, 0) is 18.3 Å². The van der Waals surface area contributed by atoms with E-state index in [-0.39, 0.29) is 34.7 Å². The predicted octanol–water partition coefficient (Wildman–Crippen LogP) is 0.797. The van der Waals surface area contributed by atoms with E-state index in [1.54, 1.807) is 0 Å². The van der Waals surface area contributed by atoms with Gasteiger partial charge in [0.15, 0.2) is 0 Å². The summed E-state index contributed by atoms with van der Waals surface area (Å²) < 4.78 is 0.0757. The van der Waals surface area contributed by atoms with Gasteiger partial charge in [-0.2, -0.15) is 11.8 Å². The van der Waals surface area contributed by atoms with E-state index in [9.17, 15) is 9.59 Å². The molecule has 4 unspecified atom stereocenters. The lowest BCUT2D eigenvalue weighted by Crippen LogP contribution is -2.41. The molecule has 3 aliphatic rings. The Labute approximate surface area is 104 Å². The van der Waals surface area contributed by atoms with Gasteiger partial charge < -0.3 is 15.7 Å². The minimum absolute atomic E-state index is 0.0643. The first-order valence-electron chi connectivity index (χ1n) is 5.90. The van der Waals surface area contributed by atoms with Crippen molar-refractivity contribution < 1.29 is 14.7 Å². The molecule has 3 rings (SSSR count). The number of carboxylic acids is 1. The van der Waals surface area contributed by atoms with Crippen LogP contribution in [0.3, 0.4) is 0 Å². The number of nitrogens with one attached hydrogen (secondary N) is 2. The van der Waals surface area contributed by atoms with Crippen LogP contribution in [-0.4, -0.2) is 39.7 Å². The molecule has 0 radical (unpaired) electrons. The number of urea groups is 1. The molecule has 3 N–H and O–H groups in total. The second-order valence-corrected chi connectivity index (χ2v) is 6.88. The highest BCUT2D eigenvalue weighted by Crippen LogP contribution is 2.71. The molecule has 4 atom stereocenters. The highest BCUT2D eigenvalue weighted by molar-refractivity contribution is 8.01. The summed E-state index contributed by atoms with van der Waals surface area (Å²) in [4.78, 5) is 22.0. The van der Waals surface area contributed by atoms with Crippen LogP contribution in [0.25, 0.3) is 0 Å². The molecule has 1 saturated carbocycles. The van der Waals surface area contributed by atoms with Crippen LogP contribution in [0.15, 0.2) is 0 Å². The fourth-order valence-electron chi connectivity index (χ4n) is 3.37. The SMILES string of the molecule is CC1(CCC(=O)O)CC12SCC1NC(=O)NC12.